The van der Waals surface area contributed by atoms with E-state index in [2.05, 4.69) is 4.99 Å². The van der Waals surface area contributed by atoms with Crippen LogP contribution in [0, 0.1) is 0 Å². The SMILES string of the molecule is C.NCCCCC(=O)C(=O)O.O.O=C(O)C1=NCCCC1. The maximum absolute atomic E-state index is 10.4. The molecular formula is C13H26N2O6. The largest absolute Gasteiger partial charge is 0.477 e. The van der Waals surface area contributed by atoms with Gasteiger partial charge in [0.15, 0.2) is 0 Å². The zero-order valence-electron chi connectivity index (χ0n) is 11.3. The quantitative estimate of drug-likeness (QED) is 0.471. The lowest BCUT2D eigenvalue weighted by molar-refractivity contribution is -0.149. The Hall–Kier alpha value is -1.80. The van der Waals surface area contributed by atoms with E-state index in [0.29, 0.717) is 38.1 Å². The molecule has 21 heavy (non-hydrogen) atoms. The molecule has 6 N–H and O–H groups in total. The predicted octanol–water partition coefficient (Wildman–Crippen LogP) is 0.276. The van der Waals surface area contributed by atoms with Crippen molar-refractivity contribution in [1.82, 2.24) is 0 Å². The summed E-state index contributed by atoms with van der Waals surface area (Å²) in [6.07, 6.45) is 4.05. The zero-order chi connectivity index (χ0) is 14.7. The molecule has 124 valence electrons. The van der Waals surface area contributed by atoms with Crippen molar-refractivity contribution < 1.29 is 30.1 Å². The van der Waals surface area contributed by atoms with Crippen LogP contribution in [0.3, 0.4) is 0 Å². The topological polar surface area (TPSA) is 162 Å². The van der Waals surface area contributed by atoms with Gasteiger partial charge in [0.1, 0.15) is 5.71 Å². The van der Waals surface area contributed by atoms with E-state index < -0.39 is 17.7 Å². The number of carboxylic acids is 2. The summed E-state index contributed by atoms with van der Waals surface area (Å²) in [7, 11) is 0. The number of carbonyl (C=O) groups excluding carboxylic acids is 1. The molecule has 8 heteroatoms. The molecule has 0 saturated heterocycles. The fourth-order valence-corrected chi connectivity index (χ4v) is 1.41. The smallest absolute Gasteiger partial charge is 0.372 e. The second kappa shape index (κ2) is 14.6. The van der Waals surface area contributed by atoms with Gasteiger partial charge in [0.25, 0.3) is 0 Å². The van der Waals surface area contributed by atoms with Crippen LogP contribution in [0.2, 0.25) is 0 Å². The molecule has 0 unspecified atom stereocenters. The molecule has 0 atom stereocenters. The summed E-state index contributed by atoms with van der Waals surface area (Å²) in [5.74, 6) is -2.93. The Balaban J connectivity index is -0.000000282. The number of aliphatic carboxylic acids is 2. The zero-order valence-corrected chi connectivity index (χ0v) is 11.3. The Bertz CT molecular complexity index is 355. The normalized spacial score (nSPS) is 12.5. The summed E-state index contributed by atoms with van der Waals surface area (Å²) in [5.41, 5.74) is 5.48. The molecule has 0 saturated carbocycles. The van der Waals surface area contributed by atoms with Crippen LogP contribution in [0.25, 0.3) is 0 Å². The van der Waals surface area contributed by atoms with Gasteiger partial charge in [-0.2, -0.15) is 0 Å². The van der Waals surface area contributed by atoms with E-state index >= 15 is 0 Å². The molecule has 0 fully saturated rings. The van der Waals surface area contributed by atoms with E-state index in [4.69, 9.17) is 15.9 Å². The summed E-state index contributed by atoms with van der Waals surface area (Å²) in [5, 5.41) is 16.5. The van der Waals surface area contributed by atoms with Crippen LogP contribution < -0.4 is 5.73 Å². The highest BCUT2D eigenvalue weighted by Crippen LogP contribution is 2.05. The predicted molar refractivity (Wildman–Crippen MR) is 79.7 cm³/mol. The van der Waals surface area contributed by atoms with Crippen molar-refractivity contribution in [2.24, 2.45) is 10.7 Å². The van der Waals surface area contributed by atoms with Crippen LogP contribution in [0.5, 0.6) is 0 Å². The second-order valence-electron chi connectivity index (χ2n) is 4.06. The van der Waals surface area contributed by atoms with Gasteiger partial charge in [-0.1, -0.05) is 7.43 Å². The molecule has 1 aliphatic heterocycles. The fraction of sp³-hybridized carbons (Fsp3) is 0.692. The van der Waals surface area contributed by atoms with Gasteiger partial charge in [0.2, 0.25) is 5.78 Å². The third kappa shape index (κ3) is 13.0. The van der Waals surface area contributed by atoms with Crippen molar-refractivity contribution in [2.45, 2.75) is 46.0 Å². The molecule has 0 spiro atoms. The molecule has 0 aromatic carbocycles. The van der Waals surface area contributed by atoms with Crippen molar-refractivity contribution in [3.05, 3.63) is 0 Å². The lowest BCUT2D eigenvalue weighted by Crippen LogP contribution is -2.16. The molecule has 0 aromatic heterocycles. The Labute approximate surface area is 124 Å². The van der Waals surface area contributed by atoms with Gasteiger partial charge in [0.05, 0.1) is 0 Å². The number of aliphatic imine (C=N–C) groups is 1. The Morgan fingerprint density at radius 2 is 1.76 bits per heavy atom. The van der Waals surface area contributed by atoms with Gasteiger partial charge in [-0.15, -0.1) is 0 Å². The number of nitrogens with zero attached hydrogens (tertiary/aromatic N) is 1. The first-order chi connectivity index (χ1) is 8.99. The summed E-state index contributed by atoms with van der Waals surface area (Å²) < 4.78 is 0. The Morgan fingerprint density at radius 1 is 1.14 bits per heavy atom. The lowest BCUT2D eigenvalue weighted by atomic mass is 10.1. The number of unbranched alkanes of at least 4 members (excludes halogenated alkanes) is 1. The van der Waals surface area contributed by atoms with Crippen LogP contribution in [-0.4, -0.2) is 52.2 Å². The first-order valence-corrected chi connectivity index (χ1v) is 6.21. The van der Waals surface area contributed by atoms with Crippen molar-refractivity contribution in [3.8, 4) is 0 Å². The number of Topliss-reactive ketones (excluding diaryl/α,β-unsaturated/α-hetero) is 1. The van der Waals surface area contributed by atoms with Crippen molar-refractivity contribution >= 4 is 23.4 Å². The minimum absolute atomic E-state index is 0. The molecule has 8 nitrogen and oxygen atoms in total. The third-order valence-corrected chi connectivity index (χ3v) is 2.47. The number of nitrogens with two attached hydrogens (primary N) is 1. The number of hydrogen-bond donors (Lipinski definition) is 3. The van der Waals surface area contributed by atoms with Crippen LogP contribution in [-0.2, 0) is 14.4 Å². The van der Waals surface area contributed by atoms with Crippen LogP contribution in [0.1, 0.15) is 46.0 Å². The summed E-state index contributed by atoms with van der Waals surface area (Å²) in [4.78, 5) is 34.4. The van der Waals surface area contributed by atoms with Crippen molar-refractivity contribution in [1.29, 1.82) is 0 Å². The molecule has 0 bridgehead atoms. The maximum Gasteiger partial charge on any atom is 0.372 e. The molecule has 1 aliphatic rings. The summed E-state index contributed by atoms with van der Waals surface area (Å²) in [6.45, 7) is 1.20. The maximum atomic E-state index is 10.4. The highest BCUT2D eigenvalue weighted by atomic mass is 16.4. The molecule has 0 amide bonds. The van der Waals surface area contributed by atoms with E-state index in [-0.39, 0.29) is 19.3 Å². The van der Waals surface area contributed by atoms with Gasteiger partial charge in [-0.05, 0) is 38.6 Å². The minimum atomic E-state index is -1.35. The van der Waals surface area contributed by atoms with E-state index in [9.17, 15) is 14.4 Å². The third-order valence-electron chi connectivity index (χ3n) is 2.47. The Kier molecular flexibility index (Phi) is 16.9. The Morgan fingerprint density at radius 3 is 2.10 bits per heavy atom. The highest BCUT2D eigenvalue weighted by Gasteiger charge is 2.11. The summed E-state index contributed by atoms with van der Waals surface area (Å²) >= 11 is 0. The van der Waals surface area contributed by atoms with E-state index in [1.807, 2.05) is 0 Å². The van der Waals surface area contributed by atoms with Crippen LogP contribution >= 0.6 is 0 Å². The number of ketones is 1. The second-order valence-corrected chi connectivity index (χ2v) is 4.06. The van der Waals surface area contributed by atoms with E-state index in [0.717, 1.165) is 12.8 Å². The van der Waals surface area contributed by atoms with Gasteiger partial charge in [0, 0.05) is 13.0 Å². The first-order valence-electron chi connectivity index (χ1n) is 6.21. The lowest BCUT2D eigenvalue weighted by Gasteiger charge is -2.05. The molecule has 1 rings (SSSR count). The average Bonchev–Trinajstić information content (AvgIpc) is 2.40. The molecule has 0 radical (unpaired) electrons. The van der Waals surface area contributed by atoms with Crippen LogP contribution in [0.15, 0.2) is 4.99 Å². The minimum Gasteiger partial charge on any atom is -0.477 e. The van der Waals surface area contributed by atoms with Crippen LogP contribution in [0.4, 0.5) is 0 Å². The van der Waals surface area contributed by atoms with E-state index in [1.165, 1.54) is 0 Å². The molecule has 1 heterocycles. The number of carbonyl (C=O) groups is 3. The van der Waals surface area contributed by atoms with Gasteiger partial charge in [-0.3, -0.25) is 9.79 Å². The summed E-state index contributed by atoms with van der Waals surface area (Å²) in [6, 6.07) is 0. The number of hydrogen-bond acceptors (Lipinski definition) is 5. The number of carboxylic acid groups (broad SMARTS) is 2. The van der Waals surface area contributed by atoms with E-state index in [1.54, 1.807) is 0 Å². The number of rotatable bonds is 6. The highest BCUT2D eigenvalue weighted by molar-refractivity contribution is 6.35. The van der Waals surface area contributed by atoms with Gasteiger partial charge in [-0.25, -0.2) is 9.59 Å². The van der Waals surface area contributed by atoms with Gasteiger partial charge < -0.3 is 21.4 Å². The molecule has 0 aliphatic carbocycles. The van der Waals surface area contributed by atoms with Crippen molar-refractivity contribution in [3.63, 3.8) is 0 Å². The van der Waals surface area contributed by atoms with Gasteiger partial charge >= 0.3 is 11.9 Å². The average molecular weight is 306 g/mol. The standard InChI is InChI=1S/C6H11NO3.C6H9NO2.CH4.H2O/c7-4-2-1-3-5(8)6(9)10;8-6(9)5-3-1-2-4-7-5;;/h1-4,7H2,(H,9,10);1-4H2,(H,8,9);1H4;1H2. The monoisotopic (exact) mass is 306 g/mol. The first kappa shape index (κ1) is 24.2. The van der Waals surface area contributed by atoms with Crippen molar-refractivity contribution in [2.75, 3.05) is 13.1 Å². The molecule has 0 aromatic rings. The molecular weight excluding hydrogens is 280 g/mol. The fourth-order valence-electron chi connectivity index (χ4n) is 1.41.